The monoisotopic (exact) mass is 399 g/mol. The fourth-order valence-corrected chi connectivity index (χ4v) is 3.77. The fourth-order valence-electron chi connectivity index (χ4n) is 3.77. The normalized spacial score (nSPS) is 16.4. The van der Waals surface area contributed by atoms with Gasteiger partial charge in [0.1, 0.15) is 23.8 Å². The maximum Gasteiger partial charge on any atom is 0.286 e. The Balaban J connectivity index is 1.27. The highest BCUT2D eigenvalue weighted by Gasteiger charge is 2.27. The summed E-state index contributed by atoms with van der Waals surface area (Å²) in [5.41, 5.74) is 0.518. The second kappa shape index (κ2) is 7.94. The molecule has 0 radical (unpaired) electrons. The minimum absolute atomic E-state index is 0.0125. The minimum Gasteiger partial charge on any atom is -0.711 e. The number of nitro groups is 1. The van der Waals surface area contributed by atoms with E-state index in [9.17, 15) is 20.1 Å². The summed E-state index contributed by atoms with van der Waals surface area (Å²) < 4.78 is 11.8. The average Bonchev–Trinajstić information content (AvgIpc) is 3.09. The Hall–Kier alpha value is -3.36. The number of ketones is 1. The minimum atomic E-state index is -0.493. The summed E-state index contributed by atoms with van der Waals surface area (Å²) in [4.78, 5) is 23.9. The van der Waals surface area contributed by atoms with Crippen molar-refractivity contribution in [2.24, 2.45) is 5.92 Å². The molecule has 0 saturated carbocycles. The maximum atomic E-state index is 12.0. The van der Waals surface area contributed by atoms with E-state index < -0.39 is 4.92 Å². The Morgan fingerprint density at radius 1 is 1.24 bits per heavy atom. The molecule has 0 spiro atoms. The molecule has 1 saturated heterocycles. The zero-order valence-electron chi connectivity index (χ0n) is 15.8. The number of Topliss-reactive ketones (excluding diaryl/α,β-unsaturated/α-hetero) is 1. The highest BCUT2D eigenvalue weighted by Crippen LogP contribution is 2.30. The van der Waals surface area contributed by atoms with E-state index in [1.165, 1.54) is 18.3 Å². The predicted molar refractivity (Wildman–Crippen MR) is 103 cm³/mol. The summed E-state index contributed by atoms with van der Waals surface area (Å²) >= 11 is 0. The maximum absolute atomic E-state index is 12.0. The number of carbonyl (C=O) groups is 1. The van der Waals surface area contributed by atoms with Gasteiger partial charge >= 0.3 is 0 Å². The van der Waals surface area contributed by atoms with Gasteiger partial charge in [-0.2, -0.15) is 0 Å². The lowest BCUT2D eigenvalue weighted by Gasteiger charge is -2.29. The van der Waals surface area contributed by atoms with E-state index in [1.807, 2.05) is 4.90 Å². The molecule has 1 aromatic heterocycles. The van der Waals surface area contributed by atoms with Crippen LogP contribution in [0.15, 0.2) is 36.5 Å². The number of hydrogen-bond donors (Lipinski definition) is 0. The van der Waals surface area contributed by atoms with Gasteiger partial charge in [0.05, 0.1) is 36.2 Å². The number of aromatic nitrogens is 1. The third-order valence-corrected chi connectivity index (χ3v) is 5.44. The number of hydrogen-bond acceptors (Lipinski definition) is 7. The lowest BCUT2D eigenvalue weighted by atomic mass is 9.94. The standard InChI is InChI=1S/C20H21N3O6/c24-18-13-29-19-12-16(1-2-17(18)19)28-10-6-14-3-7-21(8-4-14)20-11-15(23(26)27)5-9-22(20)25/h1-2,5,9,11-12,14H,3-4,6-8,10,13H2. The number of carbonyl (C=O) groups excluding carboxylic acids is 1. The number of benzene rings is 1. The van der Waals surface area contributed by atoms with Gasteiger partial charge in [0.2, 0.25) is 5.78 Å². The van der Waals surface area contributed by atoms with Crippen LogP contribution in [0.25, 0.3) is 0 Å². The Kier molecular flexibility index (Phi) is 5.20. The van der Waals surface area contributed by atoms with Crippen molar-refractivity contribution in [1.82, 2.24) is 0 Å². The molecule has 29 heavy (non-hydrogen) atoms. The molecule has 0 aliphatic carbocycles. The Labute approximate surface area is 167 Å². The highest BCUT2D eigenvalue weighted by atomic mass is 16.6. The van der Waals surface area contributed by atoms with Crippen LogP contribution in [0.2, 0.25) is 0 Å². The van der Waals surface area contributed by atoms with Crippen LogP contribution in [0, 0.1) is 21.2 Å². The number of ether oxygens (including phenoxy) is 2. The predicted octanol–water partition coefficient (Wildman–Crippen LogP) is 2.49. The number of fused-ring (bicyclic) bond motifs is 1. The molecule has 0 amide bonds. The van der Waals surface area contributed by atoms with Crippen LogP contribution in [0.3, 0.4) is 0 Å². The Morgan fingerprint density at radius 3 is 2.79 bits per heavy atom. The molecule has 1 fully saturated rings. The van der Waals surface area contributed by atoms with Crippen molar-refractivity contribution >= 4 is 17.3 Å². The molecule has 2 aromatic rings. The summed E-state index contributed by atoms with van der Waals surface area (Å²) in [6.45, 7) is 1.98. The first-order valence-corrected chi connectivity index (χ1v) is 9.56. The Bertz CT molecular complexity index is 940. The Morgan fingerprint density at radius 2 is 2.03 bits per heavy atom. The summed E-state index contributed by atoms with van der Waals surface area (Å²) in [7, 11) is 0. The van der Waals surface area contributed by atoms with E-state index >= 15 is 0 Å². The van der Waals surface area contributed by atoms with Crippen molar-refractivity contribution in [2.45, 2.75) is 19.3 Å². The zero-order valence-corrected chi connectivity index (χ0v) is 15.8. The third kappa shape index (κ3) is 4.08. The van der Waals surface area contributed by atoms with Gasteiger partial charge in [0, 0.05) is 6.07 Å². The van der Waals surface area contributed by atoms with Crippen molar-refractivity contribution in [3.8, 4) is 11.5 Å². The van der Waals surface area contributed by atoms with E-state index in [4.69, 9.17) is 9.47 Å². The van der Waals surface area contributed by atoms with Crippen LogP contribution in [-0.2, 0) is 0 Å². The van der Waals surface area contributed by atoms with E-state index in [0.717, 1.165) is 19.3 Å². The van der Waals surface area contributed by atoms with Gasteiger partial charge in [-0.3, -0.25) is 19.8 Å². The van der Waals surface area contributed by atoms with Crippen LogP contribution < -0.4 is 19.1 Å². The first kappa shape index (κ1) is 19.0. The van der Waals surface area contributed by atoms with Gasteiger partial charge in [-0.15, -0.1) is 0 Å². The van der Waals surface area contributed by atoms with Crippen LogP contribution in [0.1, 0.15) is 29.6 Å². The molecular formula is C20H21N3O6. The first-order chi connectivity index (χ1) is 14.0. The molecule has 0 N–H and O–H groups in total. The van der Waals surface area contributed by atoms with Crippen molar-refractivity contribution in [1.29, 1.82) is 0 Å². The van der Waals surface area contributed by atoms with E-state index in [0.29, 0.717) is 53.2 Å². The molecule has 9 nitrogen and oxygen atoms in total. The summed E-state index contributed by atoms with van der Waals surface area (Å²) in [6.07, 6.45) is 3.82. The van der Waals surface area contributed by atoms with Crippen molar-refractivity contribution in [2.75, 3.05) is 31.2 Å². The number of pyridine rings is 1. The molecule has 4 rings (SSSR count). The molecule has 2 aliphatic heterocycles. The van der Waals surface area contributed by atoms with Gasteiger partial charge < -0.3 is 14.7 Å². The molecule has 0 atom stereocenters. The molecule has 2 aliphatic rings. The molecular weight excluding hydrogens is 378 g/mol. The van der Waals surface area contributed by atoms with Crippen LogP contribution in [0.5, 0.6) is 11.5 Å². The van der Waals surface area contributed by atoms with Crippen LogP contribution in [-0.4, -0.2) is 37.0 Å². The van der Waals surface area contributed by atoms with E-state index in [1.54, 1.807) is 18.2 Å². The molecule has 1 aromatic carbocycles. The topological polar surface area (TPSA) is 109 Å². The fraction of sp³-hybridized carbons (Fsp3) is 0.400. The van der Waals surface area contributed by atoms with Crippen molar-refractivity contribution in [3.05, 3.63) is 57.4 Å². The van der Waals surface area contributed by atoms with E-state index in [2.05, 4.69) is 0 Å². The zero-order chi connectivity index (χ0) is 20.4. The molecule has 152 valence electrons. The second-order valence-electron chi connectivity index (χ2n) is 7.26. The van der Waals surface area contributed by atoms with Crippen molar-refractivity contribution < 1.29 is 23.9 Å². The quantitative estimate of drug-likeness (QED) is 0.318. The largest absolute Gasteiger partial charge is 0.711 e. The number of anilines is 1. The molecule has 9 heteroatoms. The number of rotatable bonds is 6. The van der Waals surface area contributed by atoms with Gasteiger partial charge in [0.25, 0.3) is 11.5 Å². The molecule has 0 unspecified atom stereocenters. The summed E-state index contributed by atoms with van der Waals surface area (Å²) in [6, 6.07) is 7.80. The molecule has 3 heterocycles. The smallest absolute Gasteiger partial charge is 0.286 e. The van der Waals surface area contributed by atoms with Crippen molar-refractivity contribution in [3.63, 3.8) is 0 Å². The number of nitrogens with zero attached hydrogens (tertiary/aromatic N) is 3. The SMILES string of the molecule is O=C1COc2cc(OCCC3CCN(c4cc([N+](=O)[O-])cc[n+]4[O-])CC3)ccc21. The lowest BCUT2D eigenvalue weighted by molar-refractivity contribution is -0.593. The highest BCUT2D eigenvalue weighted by molar-refractivity contribution is 6.02. The van der Waals surface area contributed by atoms with Crippen LogP contribution >= 0.6 is 0 Å². The number of piperidine rings is 1. The molecule has 0 bridgehead atoms. The lowest BCUT2D eigenvalue weighted by Crippen LogP contribution is -2.42. The first-order valence-electron chi connectivity index (χ1n) is 9.56. The summed E-state index contributed by atoms with van der Waals surface area (Å²) in [5.74, 6) is 2.02. The second-order valence-corrected chi connectivity index (χ2v) is 7.26. The third-order valence-electron chi connectivity index (χ3n) is 5.44. The van der Waals surface area contributed by atoms with Gasteiger partial charge in [0.15, 0.2) is 6.61 Å². The van der Waals surface area contributed by atoms with Gasteiger partial charge in [-0.05, 0) is 37.3 Å². The summed E-state index contributed by atoms with van der Waals surface area (Å²) in [5, 5.41) is 23.0. The van der Waals surface area contributed by atoms with Gasteiger partial charge in [-0.25, -0.2) is 4.73 Å². The van der Waals surface area contributed by atoms with E-state index in [-0.39, 0.29) is 18.1 Å². The van der Waals surface area contributed by atoms with Gasteiger partial charge in [-0.1, -0.05) is 0 Å². The van der Waals surface area contributed by atoms with Crippen LogP contribution in [0.4, 0.5) is 11.5 Å². The average molecular weight is 399 g/mol.